The molecule has 0 aliphatic rings. The van der Waals surface area contributed by atoms with Gasteiger partial charge in [0.15, 0.2) is 0 Å². The first kappa shape index (κ1) is 13.3. The smallest absolute Gasteiger partial charge is 0.0871 e. The second-order valence-electron chi connectivity index (χ2n) is 3.91. The summed E-state index contributed by atoms with van der Waals surface area (Å²) in [6.45, 7) is 5.25. The molecule has 1 aromatic carbocycles. The molecule has 0 heterocycles. The Balaban J connectivity index is 2.78. The number of hydrogen-bond donors (Lipinski definition) is 0. The van der Waals surface area contributed by atoms with Crippen LogP contribution in [0.5, 0.6) is 0 Å². The van der Waals surface area contributed by atoms with Gasteiger partial charge in [-0.2, -0.15) is 5.26 Å². The van der Waals surface area contributed by atoms with Gasteiger partial charge in [0.05, 0.1) is 22.7 Å². The van der Waals surface area contributed by atoms with E-state index < -0.39 is 0 Å². The van der Waals surface area contributed by atoms with Crippen LogP contribution in [0.1, 0.15) is 19.4 Å². The van der Waals surface area contributed by atoms with Crippen LogP contribution in [0, 0.1) is 11.3 Å². The fraction of sp³-hybridized carbons (Fsp3) is 0.417. The molecule has 0 saturated heterocycles. The normalized spacial score (nSPS) is 10.8. The maximum Gasteiger partial charge on any atom is 0.0871 e. The van der Waals surface area contributed by atoms with E-state index in [-0.39, 0.29) is 0 Å². The maximum absolute atomic E-state index is 8.72. The third kappa shape index (κ3) is 3.68. The summed E-state index contributed by atoms with van der Waals surface area (Å²) < 4.78 is 0. The van der Waals surface area contributed by atoms with E-state index in [9.17, 15) is 0 Å². The monoisotopic (exact) mass is 256 g/mol. The van der Waals surface area contributed by atoms with Gasteiger partial charge in [0, 0.05) is 12.6 Å². The summed E-state index contributed by atoms with van der Waals surface area (Å²) in [7, 11) is 0. The van der Waals surface area contributed by atoms with Gasteiger partial charge in [-0.1, -0.05) is 29.3 Å². The van der Waals surface area contributed by atoms with E-state index >= 15 is 0 Å². The van der Waals surface area contributed by atoms with Crippen molar-refractivity contribution in [3.8, 4) is 6.07 Å². The lowest BCUT2D eigenvalue weighted by Gasteiger charge is -2.23. The lowest BCUT2D eigenvalue weighted by atomic mass is 10.2. The highest BCUT2D eigenvalue weighted by Crippen LogP contribution is 2.23. The molecule has 0 bridgehead atoms. The molecule has 0 aromatic heterocycles. The molecular formula is C12H14Cl2N2. The molecule has 4 heteroatoms. The number of nitriles is 1. The van der Waals surface area contributed by atoms with E-state index in [0.29, 0.717) is 29.2 Å². The molecule has 1 rings (SSSR count). The first-order valence-electron chi connectivity index (χ1n) is 5.09. The molecule has 0 aliphatic heterocycles. The average molecular weight is 257 g/mol. The molecule has 1 aromatic rings. The molecule has 86 valence electrons. The minimum absolute atomic E-state index is 0.328. The molecule has 0 amide bonds. The van der Waals surface area contributed by atoms with Crippen molar-refractivity contribution in [2.45, 2.75) is 26.4 Å². The predicted octanol–water partition coefficient (Wildman–Crippen LogP) is 3.73. The molecule has 0 N–H and O–H groups in total. The Morgan fingerprint density at radius 3 is 2.50 bits per heavy atom. The van der Waals surface area contributed by atoms with Crippen LogP contribution in [-0.4, -0.2) is 17.5 Å². The SMILES string of the molecule is CC(C)N(CC#N)Cc1ccc(Cl)c(Cl)c1. The van der Waals surface area contributed by atoms with Crippen molar-refractivity contribution in [2.75, 3.05) is 6.54 Å². The zero-order chi connectivity index (χ0) is 12.1. The van der Waals surface area contributed by atoms with E-state index in [4.69, 9.17) is 28.5 Å². The van der Waals surface area contributed by atoms with Gasteiger partial charge in [-0.15, -0.1) is 0 Å². The molecule has 0 unspecified atom stereocenters. The highest BCUT2D eigenvalue weighted by atomic mass is 35.5. The molecular weight excluding hydrogens is 243 g/mol. The fourth-order valence-corrected chi connectivity index (χ4v) is 1.71. The van der Waals surface area contributed by atoms with E-state index in [1.807, 2.05) is 12.1 Å². The number of nitrogens with zero attached hydrogens (tertiary/aromatic N) is 2. The second-order valence-corrected chi connectivity index (χ2v) is 4.72. The Hall–Kier alpha value is -0.750. The number of hydrogen-bond acceptors (Lipinski definition) is 2. The molecule has 0 spiro atoms. The summed E-state index contributed by atoms with van der Waals surface area (Å²) >= 11 is 11.8. The molecule has 16 heavy (non-hydrogen) atoms. The van der Waals surface area contributed by atoms with E-state index in [1.54, 1.807) is 6.07 Å². The van der Waals surface area contributed by atoms with E-state index in [1.165, 1.54) is 0 Å². The molecule has 2 nitrogen and oxygen atoms in total. The van der Waals surface area contributed by atoms with E-state index in [0.717, 1.165) is 5.56 Å². The number of rotatable bonds is 4. The van der Waals surface area contributed by atoms with Crippen molar-refractivity contribution >= 4 is 23.2 Å². The fourth-order valence-electron chi connectivity index (χ4n) is 1.38. The van der Waals surface area contributed by atoms with Gasteiger partial charge in [-0.3, -0.25) is 4.90 Å². The second kappa shape index (κ2) is 6.10. The summed E-state index contributed by atoms with van der Waals surface area (Å²) in [5, 5.41) is 9.84. The lowest BCUT2D eigenvalue weighted by Crippen LogP contribution is -2.30. The molecule has 0 radical (unpaired) electrons. The highest BCUT2D eigenvalue weighted by molar-refractivity contribution is 6.42. The Bertz CT molecular complexity index is 396. The maximum atomic E-state index is 8.72. The lowest BCUT2D eigenvalue weighted by molar-refractivity contribution is 0.240. The van der Waals surface area contributed by atoms with Crippen LogP contribution >= 0.6 is 23.2 Å². The number of halogens is 2. The van der Waals surface area contributed by atoms with Crippen LogP contribution in [0.3, 0.4) is 0 Å². The highest BCUT2D eigenvalue weighted by Gasteiger charge is 2.10. The first-order valence-corrected chi connectivity index (χ1v) is 5.85. The summed E-state index contributed by atoms with van der Waals surface area (Å²) in [4.78, 5) is 2.07. The molecule has 0 aliphatic carbocycles. The van der Waals surface area contributed by atoms with Crippen molar-refractivity contribution in [3.63, 3.8) is 0 Å². The Kier molecular flexibility index (Phi) is 5.08. The van der Waals surface area contributed by atoms with Crippen LogP contribution in [0.2, 0.25) is 10.0 Å². The Morgan fingerprint density at radius 2 is 2.00 bits per heavy atom. The van der Waals surface area contributed by atoms with Crippen molar-refractivity contribution in [2.24, 2.45) is 0 Å². The first-order chi connectivity index (χ1) is 7.54. The van der Waals surface area contributed by atoms with Crippen LogP contribution in [0.15, 0.2) is 18.2 Å². The largest absolute Gasteiger partial charge is 0.284 e. The molecule has 0 saturated carbocycles. The van der Waals surface area contributed by atoms with Gasteiger partial charge in [0.25, 0.3) is 0 Å². The average Bonchev–Trinajstić information content (AvgIpc) is 2.22. The van der Waals surface area contributed by atoms with Crippen LogP contribution in [0.4, 0.5) is 0 Å². The van der Waals surface area contributed by atoms with E-state index in [2.05, 4.69) is 24.8 Å². The van der Waals surface area contributed by atoms with Gasteiger partial charge in [-0.05, 0) is 31.5 Å². The Morgan fingerprint density at radius 1 is 1.31 bits per heavy atom. The topological polar surface area (TPSA) is 27.0 Å². The van der Waals surface area contributed by atoms with Gasteiger partial charge in [0.1, 0.15) is 0 Å². The quantitative estimate of drug-likeness (QED) is 0.768. The van der Waals surface area contributed by atoms with Crippen molar-refractivity contribution in [1.29, 1.82) is 5.26 Å². The molecule has 0 atom stereocenters. The third-order valence-electron chi connectivity index (χ3n) is 2.37. The van der Waals surface area contributed by atoms with Gasteiger partial charge >= 0.3 is 0 Å². The minimum atomic E-state index is 0.328. The van der Waals surface area contributed by atoms with Gasteiger partial charge in [0.2, 0.25) is 0 Å². The summed E-state index contributed by atoms with van der Waals surface area (Å²) in [5.41, 5.74) is 1.07. The molecule has 0 fully saturated rings. The van der Waals surface area contributed by atoms with Crippen LogP contribution in [-0.2, 0) is 6.54 Å². The van der Waals surface area contributed by atoms with Crippen molar-refractivity contribution in [3.05, 3.63) is 33.8 Å². The van der Waals surface area contributed by atoms with Crippen LogP contribution in [0.25, 0.3) is 0 Å². The minimum Gasteiger partial charge on any atom is -0.284 e. The summed E-state index contributed by atoms with van der Waals surface area (Å²) in [6, 6.07) is 8.05. The van der Waals surface area contributed by atoms with Crippen LogP contribution < -0.4 is 0 Å². The zero-order valence-electron chi connectivity index (χ0n) is 9.37. The van der Waals surface area contributed by atoms with Crippen molar-refractivity contribution < 1.29 is 0 Å². The zero-order valence-corrected chi connectivity index (χ0v) is 10.9. The summed E-state index contributed by atoms with van der Waals surface area (Å²) in [5.74, 6) is 0. The van der Waals surface area contributed by atoms with Gasteiger partial charge in [-0.25, -0.2) is 0 Å². The van der Waals surface area contributed by atoms with Gasteiger partial charge < -0.3 is 0 Å². The van der Waals surface area contributed by atoms with Crippen molar-refractivity contribution in [1.82, 2.24) is 4.90 Å². The third-order valence-corrected chi connectivity index (χ3v) is 3.11. The standard InChI is InChI=1S/C12H14Cl2N2/c1-9(2)16(6-5-15)8-10-3-4-11(13)12(14)7-10/h3-4,7,9H,6,8H2,1-2H3. The summed E-state index contributed by atoms with van der Waals surface area (Å²) in [6.07, 6.45) is 0. The predicted molar refractivity (Wildman–Crippen MR) is 67.6 cm³/mol. The number of benzene rings is 1. The Labute approximate surface area is 106 Å².